The maximum Gasteiger partial charge on any atom is 0.325 e. The lowest BCUT2D eigenvalue weighted by Crippen LogP contribution is -2.34. The van der Waals surface area contributed by atoms with Crippen LogP contribution in [0.4, 0.5) is 16.0 Å². The molecule has 0 saturated carbocycles. The molecular formula is C21H24FN9O9P2S2. The van der Waals surface area contributed by atoms with Gasteiger partial charge >= 0.3 is 13.4 Å². The molecule has 0 aliphatic carbocycles. The molecule has 0 amide bonds. The molecule has 7 N–H and O–H groups in total. The quantitative estimate of drug-likeness (QED) is 0.180. The van der Waals surface area contributed by atoms with Gasteiger partial charge < -0.3 is 44.3 Å². The lowest BCUT2D eigenvalue weighted by atomic mass is 10.1. The number of ether oxygens (including phenoxy) is 2. The largest absolute Gasteiger partial charge is 0.397 e. The van der Waals surface area contributed by atoms with E-state index in [2.05, 4.69) is 24.9 Å². The summed E-state index contributed by atoms with van der Waals surface area (Å²) in [5.74, 6) is -0.158. The number of rotatable bonds is 2. The molecule has 44 heavy (non-hydrogen) atoms. The average Bonchev–Trinajstić information content (AvgIpc) is 3.72. The topological polar surface area (TPSA) is 242 Å². The molecule has 2 bridgehead atoms. The molecule has 18 nitrogen and oxygen atoms in total. The van der Waals surface area contributed by atoms with Crippen molar-refractivity contribution in [3.63, 3.8) is 0 Å². The van der Waals surface area contributed by atoms with Gasteiger partial charge in [0, 0.05) is 12.6 Å². The van der Waals surface area contributed by atoms with Crippen LogP contribution in [0.2, 0.25) is 0 Å². The first-order valence-electron chi connectivity index (χ1n) is 12.9. The Hall–Kier alpha value is -2.52. The standard InChI is InChI=1S/C21H24FN9O9P2S2/c22-12-15-11(38-20(12)30-6-26-13-9(23)1-2-25-16(13)30)5-36-41(33,43)39-10-3-8(4-35-42(34,44)40-15)37-19(10)31-7-27-14-17(31)28-21(24)29-18(14)32/h1-2,6-8,10-12,15,19-20H,3-5H2,(H2,23,25)(H,33,43)(H,34,44)(H3,24,28,29,32)/t8-,10?,11+,12?,15?,19+,20+,41?,42?/m0/s1. The first-order valence-corrected chi connectivity index (χ1v) is 18.1. The molecule has 0 radical (unpaired) electrons. The highest BCUT2D eigenvalue weighted by Crippen LogP contribution is 2.54. The van der Waals surface area contributed by atoms with E-state index in [0.29, 0.717) is 11.2 Å². The van der Waals surface area contributed by atoms with E-state index in [1.54, 1.807) is 6.07 Å². The van der Waals surface area contributed by atoms with Crippen LogP contribution in [0.25, 0.3) is 22.3 Å². The predicted octanol–water partition coefficient (Wildman–Crippen LogP) is 0.503. The van der Waals surface area contributed by atoms with Crippen molar-refractivity contribution in [1.82, 2.24) is 34.1 Å². The summed E-state index contributed by atoms with van der Waals surface area (Å²) in [5, 5.41) is 0. The number of halogens is 1. The van der Waals surface area contributed by atoms with Gasteiger partial charge in [0.05, 0.1) is 37.7 Å². The van der Waals surface area contributed by atoms with Crippen LogP contribution in [0.15, 0.2) is 29.7 Å². The second kappa shape index (κ2) is 11.1. The molecule has 23 heteroatoms. The molecule has 4 aromatic heterocycles. The van der Waals surface area contributed by atoms with Crippen LogP contribution >= 0.6 is 13.4 Å². The summed E-state index contributed by atoms with van der Waals surface area (Å²) < 4.78 is 53.4. The molecule has 9 atom stereocenters. The van der Waals surface area contributed by atoms with Gasteiger partial charge in [0.1, 0.15) is 23.8 Å². The van der Waals surface area contributed by atoms with Crippen LogP contribution in [-0.2, 0) is 51.2 Å². The first kappa shape index (κ1) is 30.2. The Labute approximate surface area is 255 Å². The highest BCUT2D eigenvalue weighted by Gasteiger charge is 2.51. The van der Waals surface area contributed by atoms with Gasteiger partial charge in [-0.05, 0) is 29.7 Å². The van der Waals surface area contributed by atoms with Gasteiger partial charge in [0.25, 0.3) is 5.56 Å². The lowest BCUT2D eigenvalue weighted by molar-refractivity contribution is -0.0597. The number of nitrogens with one attached hydrogen (secondary N) is 1. The van der Waals surface area contributed by atoms with Gasteiger partial charge in [-0.25, -0.2) is 19.3 Å². The van der Waals surface area contributed by atoms with Crippen LogP contribution in [-0.4, -0.2) is 87.6 Å². The molecule has 3 fully saturated rings. The van der Waals surface area contributed by atoms with Gasteiger partial charge in [-0.3, -0.25) is 23.4 Å². The van der Waals surface area contributed by atoms with E-state index < -0.39 is 68.6 Å². The van der Waals surface area contributed by atoms with Crippen molar-refractivity contribution in [1.29, 1.82) is 0 Å². The number of hydrogen-bond donors (Lipinski definition) is 5. The van der Waals surface area contributed by atoms with Gasteiger partial charge in [0.2, 0.25) is 5.95 Å². The third kappa shape index (κ3) is 5.46. The maximum absolute atomic E-state index is 16.0. The summed E-state index contributed by atoms with van der Waals surface area (Å²) in [5.41, 5.74) is 12.1. The minimum absolute atomic E-state index is 0.0158. The molecule has 7 rings (SSSR count). The molecule has 3 aliphatic heterocycles. The Morgan fingerprint density at radius 2 is 1.66 bits per heavy atom. The van der Waals surface area contributed by atoms with E-state index >= 15 is 4.39 Å². The molecule has 7 heterocycles. The minimum Gasteiger partial charge on any atom is -0.397 e. The fourth-order valence-electron chi connectivity index (χ4n) is 5.34. The molecule has 4 aromatic rings. The molecule has 3 aliphatic rings. The van der Waals surface area contributed by atoms with E-state index in [0.717, 1.165) is 0 Å². The number of aromatic nitrogens is 7. The number of aromatic amines is 1. The third-order valence-electron chi connectivity index (χ3n) is 7.25. The monoisotopic (exact) mass is 691 g/mol. The molecule has 0 spiro atoms. The average molecular weight is 692 g/mol. The highest BCUT2D eigenvalue weighted by atomic mass is 32.5. The SMILES string of the molecule is Nc1nc2c(ncn2[C@@H]2O[C@@H]3COP(O)(=S)OC4C(F)[C@H](n5cnc6c(N)ccnc65)O[C@@H]4COP(O)(=S)OC2C3)c(=O)[nH]1. The number of anilines is 2. The van der Waals surface area contributed by atoms with E-state index in [1.165, 1.54) is 28.0 Å². The smallest absolute Gasteiger partial charge is 0.325 e. The second-order valence-electron chi connectivity index (χ2n) is 10.1. The van der Waals surface area contributed by atoms with Gasteiger partial charge in [-0.1, -0.05) is 0 Å². The van der Waals surface area contributed by atoms with Crippen molar-refractivity contribution >= 4 is 71.0 Å². The lowest BCUT2D eigenvalue weighted by Gasteiger charge is -2.27. The predicted molar refractivity (Wildman–Crippen MR) is 156 cm³/mol. The Bertz CT molecular complexity index is 1910. The highest BCUT2D eigenvalue weighted by molar-refractivity contribution is 8.07. The summed E-state index contributed by atoms with van der Waals surface area (Å²) in [4.78, 5) is 53.3. The van der Waals surface area contributed by atoms with Crippen LogP contribution in [0.1, 0.15) is 18.9 Å². The van der Waals surface area contributed by atoms with Crippen LogP contribution in [0, 0.1) is 0 Å². The summed E-state index contributed by atoms with van der Waals surface area (Å²) >= 11 is 10.5. The second-order valence-corrected chi connectivity index (χ2v) is 15.7. The summed E-state index contributed by atoms with van der Waals surface area (Å²) in [7, 11) is 0. The van der Waals surface area contributed by atoms with Gasteiger partial charge in [0.15, 0.2) is 35.4 Å². The van der Waals surface area contributed by atoms with Crippen LogP contribution in [0.5, 0.6) is 0 Å². The van der Waals surface area contributed by atoms with Crippen molar-refractivity contribution in [3.05, 3.63) is 35.3 Å². The first-order chi connectivity index (χ1) is 20.9. The molecule has 236 valence electrons. The zero-order valence-electron chi connectivity index (χ0n) is 22.2. The summed E-state index contributed by atoms with van der Waals surface area (Å²) in [6.07, 6.45) is -4.75. The Morgan fingerprint density at radius 3 is 2.45 bits per heavy atom. The molecule has 0 aromatic carbocycles. The van der Waals surface area contributed by atoms with Crippen molar-refractivity contribution in [2.24, 2.45) is 0 Å². The number of nitrogens with two attached hydrogens (primary N) is 2. The van der Waals surface area contributed by atoms with Crippen molar-refractivity contribution in [2.75, 3.05) is 24.7 Å². The number of pyridine rings is 1. The van der Waals surface area contributed by atoms with Crippen LogP contribution in [0.3, 0.4) is 0 Å². The number of hydrogen-bond acceptors (Lipinski definition) is 15. The molecule has 5 unspecified atom stereocenters. The fourth-order valence-corrected chi connectivity index (χ4v) is 8.24. The molecule has 3 saturated heterocycles. The van der Waals surface area contributed by atoms with E-state index in [9.17, 15) is 14.6 Å². The number of H-pyrrole nitrogens is 1. The van der Waals surface area contributed by atoms with Crippen molar-refractivity contribution in [3.8, 4) is 0 Å². The third-order valence-corrected chi connectivity index (χ3v) is 10.4. The van der Waals surface area contributed by atoms with E-state index in [1.807, 2.05) is 0 Å². The van der Waals surface area contributed by atoms with Crippen molar-refractivity contribution < 1.29 is 41.7 Å². The maximum atomic E-state index is 16.0. The minimum atomic E-state index is -4.11. The number of nitrogen functional groups attached to an aromatic ring is 2. The number of alkyl halides is 1. The zero-order valence-corrected chi connectivity index (χ0v) is 25.6. The number of imidazole rings is 2. The van der Waals surface area contributed by atoms with Crippen LogP contribution < -0.4 is 17.0 Å². The zero-order chi connectivity index (χ0) is 31.0. The Balaban J connectivity index is 1.19. The Kier molecular flexibility index (Phi) is 7.59. The van der Waals surface area contributed by atoms with Crippen molar-refractivity contribution in [2.45, 2.75) is 49.5 Å². The number of nitrogens with zero attached hydrogens (tertiary/aromatic N) is 6. The normalized spacial score (nSPS) is 36.6. The molecular weight excluding hydrogens is 667 g/mol. The Morgan fingerprint density at radius 1 is 0.955 bits per heavy atom. The van der Waals surface area contributed by atoms with Gasteiger partial charge in [-0.2, -0.15) is 4.98 Å². The summed E-state index contributed by atoms with van der Waals surface area (Å²) in [6, 6.07) is 1.55. The fraction of sp³-hybridized carbons (Fsp3) is 0.476. The number of fused-ring (bicyclic) bond motifs is 5. The summed E-state index contributed by atoms with van der Waals surface area (Å²) in [6.45, 7) is -9.00. The van der Waals surface area contributed by atoms with E-state index in [4.69, 9.17) is 62.6 Å². The van der Waals surface area contributed by atoms with Gasteiger partial charge in [-0.15, -0.1) is 0 Å². The van der Waals surface area contributed by atoms with E-state index in [-0.39, 0.29) is 35.8 Å².